The number of rotatable bonds is 2. The van der Waals surface area contributed by atoms with Gasteiger partial charge in [0.1, 0.15) is 5.82 Å². The summed E-state index contributed by atoms with van der Waals surface area (Å²) >= 11 is 0. The zero-order chi connectivity index (χ0) is 15.0. The van der Waals surface area contributed by atoms with Gasteiger partial charge in [0.05, 0.1) is 0 Å². The first-order chi connectivity index (χ1) is 10.00. The normalized spacial score (nSPS) is 23.0. The molecule has 1 unspecified atom stereocenters. The predicted molar refractivity (Wildman–Crippen MR) is 79.9 cm³/mol. The van der Waals surface area contributed by atoms with Gasteiger partial charge in [-0.2, -0.15) is 0 Å². The standard InChI is InChI=1S/C16H21N3O2/c1-11-10-16(11)4-7-19(8-5-16)15(21)13-3-6-17-14(9-13)18-12(2)20/h3,6,9,11H,4-5,7-8,10H2,1-2H3,(H,17,18,20). The minimum absolute atomic E-state index is 0.0344. The third-order valence-electron chi connectivity index (χ3n) is 4.96. The van der Waals surface area contributed by atoms with Crippen molar-refractivity contribution >= 4 is 17.6 Å². The van der Waals surface area contributed by atoms with Crippen LogP contribution in [-0.2, 0) is 4.79 Å². The number of piperidine rings is 1. The lowest BCUT2D eigenvalue weighted by molar-refractivity contribution is -0.114. The van der Waals surface area contributed by atoms with Crippen molar-refractivity contribution in [2.24, 2.45) is 11.3 Å². The van der Waals surface area contributed by atoms with Gasteiger partial charge in [-0.1, -0.05) is 6.92 Å². The summed E-state index contributed by atoms with van der Waals surface area (Å²) in [4.78, 5) is 29.6. The van der Waals surface area contributed by atoms with Crippen LogP contribution in [0.15, 0.2) is 18.3 Å². The minimum Gasteiger partial charge on any atom is -0.339 e. The Kier molecular flexibility index (Phi) is 3.43. The maximum absolute atomic E-state index is 12.5. The van der Waals surface area contributed by atoms with E-state index in [-0.39, 0.29) is 11.8 Å². The highest BCUT2D eigenvalue weighted by atomic mass is 16.2. The minimum atomic E-state index is -0.185. The molecule has 2 aliphatic rings. The zero-order valence-corrected chi connectivity index (χ0v) is 12.6. The fourth-order valence-corrected chi connectivity index (χ4v) is 3.40. The summed E-state index contributed by atoms with van der Waals surface area (Å²) in [5.74, 6) is 1.10. The van der Waals surface area contributed by atoms with Gasteiger partial charge in [0.25, 0.3) is 5.91 Å². The molecule has 1 saturated carbocycles. The van der Waals surface area contributed by atoms with Gasteiger partial charge in [-0.25, -0.2) is 4.98 Å². The van der Waals surface area contributed by atoms with E-state index in [0.717, 1.165) is 31.8 Å². The topological polar surface area (TPSA) is 62.3 Å². The summed E-state index contributed by atoms with van der Waals surface area (Å²) in [5.41, 5.74) is 1.12. The number of carbonyl (C=O) groups is 2. The Hall–Kier alpha value is -1.91. The molecule has 1 aliphatic carbocycles. The molecule has 2 heterocycles. The molecule has 0 bridgehead atoms. The molecular weight excluding hydrogens is 266 g/mol. The van der Waals surface area contributed by atoms with E-state index in [0.29, 0.717) is 16.8 Å². The molecule has 1 aromatic rings. The first-order valence-electron chi connectivity index (χ1n) is 7.53. The number of carbonyl (C=O) groups excluding carboxylic acids is 2. The molecule has 21 heavy (non-hydrogen) atoms. The van der Waals surface area contributed by atoms with Gasteiger partial charge in [-0.05, 0) is 42.7 Å². The van der Waals surface area contributed by atoms with E-state index >= 15 is 0 Å². The van der Waals surface area contributed by atoms with Gasteiger partial charge in [-0.3, -0.25) is 9.59 Å². The number of hydrogen-bond acceptors (Lipinski definition) is 3. The van der Waals surface area contributed by atoms with Crippen LogP contribution in [0.3, 0.4) is 0 Å². The van der Waals surface area contributed by atoms with Crippen molar-refractivity contribution in [1.29, 1.82) is 0 Å². The number of likely N-dealkylation sites (tertiary alicyclic amines) is 1. The van der Waals surface area contributed by atoms with E-state index in [2.05, 4.69) is 17.2 Å². The van der Waals surface area contributed by atoms with E-state index in [1.807, 2.05) is 4.90 Å². The molecule has 1 aliphatic heterocycles. The number of pyridine rings is 1. The van der Waals surface area contributed by atoms with Gasteiger partial charge in [0.2, 0.25) is 5.91 Å². The van der Waals surface area contributed by atoms with E-state index < -0.39 is 0 Å². The van der Waals surface area contributed by atoms with Crippen LogP contribution in [0.2, 0.25) is 0 Å². The number of anilines is 1. The Morgan fingerprint density at radius 2 is 2.05 bits per heavy atom. The van der Waals surface area contributed by atoms with E-state index in [9.17, 15) is 9.59 Å². The second-order valence-corrected chi connectivity index (χ2v) is 6.37. The molecular formula is C16H21N3O2. The van der Waals surface area contributed by atoms with Gasteiger partial charge >= 0.3 is 0 Å². The summed E-state index contributed by atoms with van der Waals surface area (Å²) in [7, 11) is 0. The first kappa shape index (κ1) is 14.0. The molecule has 112 valence electrons. The second-order valence-electron chi connectivity index (χ2n) is 6.37. The molecule has 1 aromatic heterocycles. The van der Waals surface area contributed by atoms with Crippen LogP contribution in [0, 0.1) is 11.3 Å². The Labute approximate surface area is 124 Å². The van der Waals surface area contributed by atoms with Crippen LogP contribution in [-0.4, -0.2) is 34.8 Å². The van der Waals surface area contributed by atoms with Crippen LogP contribution < -0.4 is 5.32 Å². The molecule has 2 amide bonds. The number of nitrogens with zero attached hydrogens (tertiary/aromatic N) is 2. The Balaban J connectivity index is 1.67. The molecule has 5 heteroatoms. The fourth-order valence-electron chi connectivity index (χ4n) is 3.40. The maximum atomic E-state index is 12.5. The van der Waals surface area contributed by atoms with E-state index in [4.69, 9.17) is 0 Å². The van der Waals surface area contributed by atoms with Crippen molar-refractivity contribution in [2.75, 3.05) is 18.4 Å². The van der Waals surface area contributed by atoms with Gasteiger partial charge in [0.15, 0.2) is 0 Å². The average molecular weight is 287 g/mol. The third-order valence-corrected chi connectivity index (χ3v) is 4.96. The Morgan fingerprint density at radius 3 is 2.62 bits per heavy atom. The largest absolute Gasteiger partial charge is 0.339 e. The van der Waals surface area contributed by atoms with Crippen LogP contribution in [0.4, 0.5) is 5.82 Å². The van der Waals surface area contributed by atoms with Crippen molar-refractivity contribution in [3.63, 3.8) is 0 Å². The summed E-state index contributed by atoms with van der Waals surface area (Å²) in [6.07, 6.45) is 5.11. The fraction of sp³-hybridized carbons (Fsp3) is 0.562. The zero-order valence-electron chi connectivity index (χ0n) is 12.6. The number of nitrogens with one attached hydrogen (secondary N) is 1. The highest BCUT2D eigenvalue weighted by Gasteiger charge is 2.52. The molecule has 0 aromatic carbocycles. The molecule has 3 rings (SSSR count). The van der Waals surface area contributed by atoms with Gasteiger partial charge in [0, 0.05) is 31.8 Å². The lowest BCUT2D eigenvalue weighted by atomic mass is 9.91. The van der Waals surface area contributed by atoms with Crippen molar-refractivity contribution in [1.82, 2.24) is 9.88 Å². The van der Waals surface area contributed by atoms with Crippen LogP contribution in [0.25, 0.3) is 0 Å². The molecule has 1 atom stereocenters. The SMILES string of the molecule is CC(=O)Nc1cc(C(=O)N2CCC3(CC2)CC3C)ccn1. The van der Waals surface area contributed by atoms with Crippen molar-refractivity contribution in [3.05, 3.63) is 23.9 Å². The highest BCUT2D eigenvalue weighted by molar-refractivity contribution is 5.96. The predicted octanol–water partition coefficient (Wildman–Crippen LogP) is 2.30. The average Bonchev–Trinajstić information content (AvgIpc) is 3.07. The molecule has 5 nitrogen and oxygen atoms in total. The van der Waals surface area contributed by atoms with Crippen LogP contribution in [0.5, 0.6) is 0 Å². The number of hydrogen-bond donors (Lipinski definition) is 1. The third kappa shape index (κ3) is 2.77. The van der Waals surface area contributed by atoms with Crippen LogP contribution >= 0.6 is 0 Å². The summed E-state index contributed by atoms with van der Waals surface area (Å²) in [5, 5.41) is 2.61. The second kappa shape index (κ2) is 5.13. The number of amides is 2. The monoisotopic (exact) mass is 287 g/mol. The van der Waals surface area contributed by atoms with Crippen molar-refractivity contribution in [3.8, 4) is 0 Å². The van der Waals surface area contributed by atoms with Gasteiger partial charge in [-0.15, -0.1) is 0 Å². The summed E-state index contributed by atoms with van der Waals surface area (Å²) in [6, 6.07) is 3.35. The lowest BCUT2D eigenvalue weighted by Gasteiger charge is -2.32. The van der Waals surface area contributed by atoms with Crippen molar-refractivity contribution in [2.45, 2.75) is 33.1 Å². The number of aromatic nitrogens is 1. The molecule has 1 spiro atoms. The molecule has 1 saturated heterocycles. The molecule has 2 fully saturated rings. The highest BCUT2D eigenvalue weighted by Crippen LogP contribution is 2.58. The molecule has 0 radical (unpaired) electrons. The first-order valence-corrected chi connectivity index (χ1v) is 7.53. The maximum Gasteiger partial charge on any atom is 0.254 e. The molecule has 1 N–H and O–H groups in total. The van der Waals surface area contributed by atoms with E-state index in [1.165, 1.54) is 13.3 Å². The van der Waals surface area contributed by atoms with Gasteiger partial charge < -0.3 is 10.2 Å². The summed E-state index contributed by atoms with van der Waals surface area (Å²) in [6.45, 7) is 5.40. The van der Waals surface area contributed by atoms with E-state index in [1.54, 1.807) is 18.3 Å². The van der Waals surface area contributed by atoms with Crippen molar-refractivity contribution < 1.29 is 9.59 Å². The Bertz CT molecular complexity index is 577. The quantitative estimate of drug-likeness (QED) is 0.908. The smallest absolute Gasteiger partial charge is 0.254 e. The summed E-state index contributed by atoms with van der Waals surface area (Å²) < 4.78 is 0. The Morgan fingerprint density at radius 1 is 1.38 bits per heavy atom. The van der Waals surface area contributed by atoms with Crippen LogP contribution in [0.1, 0.15) is 43.5 Å². The lowest BCUT2D eigenvalue weighted by Crippen LogP contribution is -2.39.